The molecule has 0 radical (unpaired) electrons. The van der Waals surface area contributed by atoms with Crippen molar-refractivity contribution < 1.29 is 14.3 Å². The zero-order valence-electron chi connectivity index (χ0n) is 9.14. The van der Waals surface area contributed by atoms with E-state index in [9.17, 15) is 4.79 Å². The first kappa shape index (κ1) is 12.7. The third-order valence-corrected chi connectivity index (χ3v) is 2.36. The predicted molar refractivity (Wildman–Crippen MR) is 65.7 cm³/mol. The summed E-state index contributed by atoms with van der Waals surface area (Å²) in [7, 11) is 0. The maximum absolute atomic E-state index is 11.2. The van der Waals surface area contributed by atoms with Gasteiger partial charge >= 0.3 is 5.97 Å². The van der Waals surface area contributed by atoms with Gasteiger partial charge in [-0.15, -0.1) is 0 Å². The van der Waals surface area contributed by atoms with Crippen molar-refractivity contribution in [1.82, 2.24) is 0 Å². The van der Waals surface area contributed by atoms with Crippen molar-refractivity contribution in [3.8, 4) is 5.75 Å². The fourth-order valence-electron chi connectivity index (χ4n) is 0.987. The Kier molecular flexibility index (Phi) is 5.56. The molecule has 0 aliphatic heterocycles. The summed E-state index contributed by atoms with van der Waals surface area (Å²) in [6, 6.07) is 6.86. The standard InChI is InChI=1S/C11H15NO3S/c1-16-7-6-14-11(13)8-15-10-4-2-9(12)3-5-10/h2-5H,6-8,12H2,1H3. The highest BCUT2D eigenvalue weighted by molar-refractivity contribution is 7.98. The van der Waals surface area contributed by atoms with Crippen LogP contribution in [0, 0.1) is 0 Å². The largest absolute Gasteiger partial charge is 0.482 e. The second kappa shape index (κ2) is 7.00. The molecular weight excluding hydrogens is 226 g/mol. The summed E-state index contributed by atoms with van der Waals surface area (Å²) in [5.41, 5.74) is 6.18. The molecule has 0 fully saturated rings. The summed E-state index contributed by atoms with van der Waals surface area (Å²) in [6.07, 6.45) is 1.96. The van der Waals surface area contributed by atoms with E-state index in [4.69, 9.17) is 15.2 Å². The molecule has 0 heterocycles. The normalized spacial score (nSPS) is 9.81. The second-order valence-electron chi connectivity index (χ2n) is 3.07. The van der Waals surface area contributed by atoms with Crippen molar-refractivity contribution in [2.24, 2.45) is 0 Å². The van der Waals surface area contributed by atoms with Crippen LogP contribution in [0.3, 0.4) is 0 Å². The van der Waals surface area contributed by atoms with Crippen molar-refractivity contribution in [3.05, 3.63) is 24.3 Å². The first-order chi connectivity index (χ1) is 7.72. The van der Waals surface area contributed by atoms with Gasteiger partial charge in [0.05, 0.1) is 0 Å². The minimum Gasteiger partial charge on any atom is -0.482 e. The van der Waals surface area contributed by atoms with Crippen LogP contribution in [0.2, 0.25) is 0 Å². The number of anilines is 1. The van der Waals surface area contributed by atoms with E-state index in [0.717, 1.165) is 5.75 Å². The highest BCUT2D eigenvalue weighted by Gasteiger charge is 2.03. The van der Waals surface area contributed by atoms with Crippen molar-refractivity contribution in [3.63, 3.8) is 0 Å². The van der Waals surface area contributed by atoms with E-state index in [1.54, 1.807) is 36.0 Å². The molecule has 2 N–H and O–H groups in total. The number of hydrogen-bond acceptors (Lipinski definition) is 5. The molecule has 1 rings (SSSR count). The summed E-state index contributed by atoms with van der Waals surface area (Å²) < 4.78 is 10.1. The lowest BCUT2D eigenvalue weighted by Crippen LogP contribution is -2.16. The van der Waals surface area contributed by atoms with E-state index in [1.807, 2.05) is 6.26 Å². The summed E-state index contributed by atoms with van der Waals surface area (Å²) >= 11 is 1.63. The lowest BCUT2D eigenvalue weighted by molar-refractivity contribution is -0.145. The van der Waals surface area contributed by atoms with Gasteiger partial charge in [0.15, 0.2) is 6.61 Å². The van der Waals surface area contributed by atoms with E-state index < -0.39 is 0 Å². The van der Waals surface area contributed by atoms with E-state index in [0.29, 0.717) is 18.0 Å². The van der Waals surface area contributed by atoms with Crippen molar-refractivity contribution in [2.75, 3.05) is 31.0 Å². The van der Waals surface area contributed by atoms with E-state index >= 15 is 0 Å². The topological polar surface area (TPSA) is 61.5 Å². The summed E-state index contributed by atoms with van der Waals surface area (Å²) in [5.74, 6) is 1.05. The van der Waals surface area contributed by atoms with Crippen molar-refractivity contribution in [1.29, 1.82) is 0 Å². The van der Waals surface area contributed by atoms with Gasteiger partial charge in [0.2, 0.25) is 0 Å². The number of rotatable bonds is 6. The molecule has 0 aromatic heterocycles. The first-order valence-corrected chi connectivity index (χ1v) is 6.24. The molecular formula is C11H15NO3S. The number of carbonyl (C=O) groups excluding carboxylic acids is 1. The maximum atomic E-state index is 11.2. The minimum atomic E-state index is -0.356. The Morgan fingerprint density at radius 2 is 2.06 bits per heavy atom. The Labute approximate surface area is 99.1 Å². The van der Waals surface area contributed by atoms with Gasteiger partial charge in [0, 0.05) is 11.4 Å². The highest BCUT2D eigenvalue weighted by atomic mass is 32.2. The van der Waals surface area contributed by atoms with Gasteiger partial charge in [-0.3, -0.25) is 0 Å². The van der Waals surface area contributed by atoms with Crippen LogP contribution in [-0.4, -0.2) is 31.2 Å². The van der Waals surface area contributed by atoms with E-state index in [-0.39, 0.29) is 12.6 Å². The Hall–Kier alpha value is -1.36. The van der Waals surface area contributed by atoms with Crippen LogP contribution in [0.1, 0.15) is 0 Å². The number of thioether (sulfide) groups is 1. The second-order valence-corrected chi connectivity index (χ2v) is 4.06. The molecule has 0 unspecified atom stereocenters. The third-order valence-electron chi connectivity index (χ3n) is 1.79. The van der Waals surface area contributed by atoms with Crippen LogP contribution >= 0.6 is 11.8 Å². The quantitative estimate of drug-likeness (QED) is 0.465. The number of esters is 1. The summed E-state index contributed by atoms with van der Waals surface area (Å²) in [6.45, 7) is 0.351. The predicted octanol–water partition coefficient (Wildman–Crippen LogP) is 1.55. The van der Waals surface area contributed by atoms with Crippen molar-refractivity contribution in [2.45, 2.75) is 0 Å². The van der Waals surface area contributed by atoms with Crippen LogP contribution in [0.15, 0.2) is 24.3 Å². The number of nitrogens with two attached hydrogens (primary N) is 1. The molecule has 4 nitrogen and oxygen atoms in total. The molecule has 0 bridgehead atoms. The fourth-order valence-corrected chi connectivity index (χ4v) is 1.24. The van der Waals surface area contributed by atoms with E-state index in [2.05, 4.69) is 0 Å². The minimum absolute atomic E-state index is 0.0711. The summed E-state index contributed by atoms with van der Waals surface area (Å²) in [4.78, 5) is 11.2. The van der Waals surface area contributed by atoms with Gasteiger partial charge in [0.1, 0.15) is 12.4 Å². The average molecular weight is 241 g/mol. The highest BCUT2D eigenvalue weighted by Crippen LogP contribution is 2.12. The van der Waals surface area contributed by atoms with Crippen LogP contribution in [-0.2, 0) is 9.53 Å². The summed E-state index contributed by atoms with van der Waals surface area (Å²) in [5, 5.41) is 0. The monoisotopic (exact) mass is 241 g/mol. The lowest BCUT2D eigenvalue weighted by atomic mass is 10.3. The van der Waals surface area contributed by atoms with Gasteiger partial charge in [0.25, 0.3) is 0 Å². The van der Waals surface area contributed by atoms with Gasteiger partial charge in [-0.05, 0) is 30.5 Å². The third kappa shape index (κ3) is 4.93. The molecule has 0 amide bonds. The zero-order valence-corrected chi connectivity index (χ0v) is 9.96. The molecule has 0 saturated carbocycles. The van der Waals surface area contributed by atoms with Gasteiger partial charge in [-0.25, -0.2) is 4.79 Å². The SMILES string of the molecule is CSCCOC(=O)COc1ccc(N)cc1. The zero-order chi connectivity index (χ0) is 11.8. The molecule has 5 heteroatoms. The Morgan fingerprint density at radius 1 is 1.38 bits per heavy atom. The molecule has 0 atom stereocenters. The van der Waals surface area contributed by atoms with Crippen LogP contribution in [0.25, 0.3) is 0 Å². The van der Waals surface area contributed by atoms with Gasteiger partial charge in [-0.2, -0.15) is 11.8 Å². The average Bonchev–Trinajstić information content (AvgIpc) is 2.29. The molecule has 1 aromatic rings. The fraction of sp³-hybridized carbons (Fsp3) is 0.364. The molecule has 0 aliphatic carbocycles. The Bertz CT molecular complexity index is 327. The van der Waals surface area contributed by atoms with Crippen LogP contribution in [0.5, 0.6) is 5.75 Å². The number of ether oxygens (including phenoxy) is 2. The Balaban J connectivity index is 2.23. The van der Waals surface area contributed by atoms with Crippen LogP contribution in [0.4, 0.5) is 5.69 Å². The van der Waals surface area contributed by atoms with Crippen LogP contribution < -0.4 is 10.5 Å². The lowest BCUT2D eigenvalue weighted by Gasteiger charge is -2.06. The molecule has 16 heavy (non-hydrogen) atoms. The Morgan fingerprint density at radius 3 is 2.69 bits per heavy atom. The maximum Gasteiger partial charge on any atom is 0.344 e. The number of nitrogen functional groups attached to an aromatic ring is 1. The molecule has 0 aliphatic rings. The van der Waals surface area contributed by atoms with Gasteiger partial charge < -0.3 is 15.2 Å². The molecule has 0 spiro atoms. The first-order valence-electron chi connectivity index (χ1n) is 4.85. The van der Waals surface area contributed by atoms with E-state index in [1.165, 1.54) is 0 Å². The number of carbonyl (C=O) groups is 1. The van der Waals surface area contributed by atoms with Crippen molar-refractivity contribution >= 4 is 23.4 Å². The molecule has 1 aromatic carbocycles. The number of hydrogen-bond donors (Lipinski definition) is 1. The number of benzene rings is 1. The molecule has 88 valence electrons. The smallest absolute Gasteiger partial charge is 0.344 e. The molecule has 0 saturated heterocycles. The van der Waals surface area contributed by atoms with Gasteiger partial charge in [-0.1, -0.05) is 0 Å².